The van der Waals surface area contributed by atoms with Gasteiger partial charge in [0.05, 0.1) is 23.5 Å². The lowest BCUT2D eigenvalue weighted by Gasteiger charge is -2.47. The molecule has 0 saturated carbocycles. The Bertz CT molecular complexity index is 2140. The topological polar surface area (TPSA) is 133 Å². The molecule has 4 saturated heterocycles. The van der Waals surface area contributed by atoms with E-state index in [0.29, 0.717) is 28.9 Å². The lowest BCUT2D eigenvalue weighted by molar-refractivity contribution is -0.134. The Morgan fingerprint density at radius 1 is 0.944 bits per heavy atom. The van der Waals surface area contributed by atoms with Crippen molar-refractivity contribution in [1.82, 2.24) is 29.9 Å². The number of hydrogen-bond acceptors (Lipinski definition) is 9. The number of anilines is 2. The van der Waals surface area contributed by atoms with E-state index in [1.165, 1.54) is 15.9 Å². The summed E-state index contributed by atoms with van der Waals surface area (Å²) < 4.78 is 1.81. The molecule has 54 heavy (non-hydrogen) atoms. The summed E-state index contributed by atoms with van der Waals surface area (Å²) in [6, 6.07) is 16.8. The van der Waals surface area contributed by atoms with Crippen molar-refractivity contribution in [2.24, 2.45) is 12.5 Å². The fourth-order valence-electron chi connectivity index (χ4n) is 9.12. The number of carbonyl (C=O) groups excluding carboxylic acids is 3. The van der Waals surface area contributed by atoms with Crippen LogP contribution >= 0.6 is 15.9 Å². The van der Waals surface area contributed by atoms with Gasteiger partial charge in [-0.3, -0.25) is 29.5 Å². The van der Waals surface area contributed by atoms with Crippen LogP contribution in [0.2, 0.25) is 0 Å². The quantitative estimate of drug-likeness (QED) is 0.258. The number of aryl methyl sites for hydroxylation is 1. The van der Waals surface area contributed by atoms with Crippen molar-refractivity contribution in [2.75, 3.05) is 56.5 Å². The predicted molar refractivity (Wildman–Crippen MR) is 212 cm³/mol. The normalized spacial score (nSPS) is 23.4. The van der Waals surface area contributed by atoms with Crippen LogP contribution < -0.4 is 21.1 Å². The number of amides is 3. The van der Waals surface area contributed by atoms with Crippen LogP contribution in [0.15, 0.2) is 70.2 Å². The number of likely N-dealkylation sites (tertiary alicyclic amines) is 2. The molecule has 8 rings (SSSR count). The van der Waals surface area contributed by atoms with Crippen LogP contribution in [0.5, 0.6) is 0 Å². The molecule has 0 radical (unpaired) electrons. The number of fused-ring (bicyclic) bond motifs is 1. The van der Waals surface area contributed by atoms with Crippen LogP contribution in [0.4, 0.5) is 11.4 Å². The third-order valence-electron chi connectivity index (χ3n) is 12.3. The number of hydrogen-bond donors (Lipinski definition) is 2. The van der Waals surface area contributed by atoms with Crippen molar-refractivity contribution >= 4 is 55.8 Å². The summed E-state index contributed by atoms with van der Waals surface area (Å²) in [5.74, 6) is -0.484. The highest BCUT2D eigenvalue weighted by Gasteiger charge is 2.39. The Labute approximate surface area is 323 Å². The van der Waals surface area contributed by atoms with Crippen molar-refractivity contribution in [3.05, 3.63) is 92.6 Å². The van der Waals surface area contributed by atoms with Gasteiger partial charge in [-0.1, -0.05) is 18.2 Å². The number of likely N-dealkylation sites (N-methyl/N-ethyl adjacent to an activating group) is 1. The highest BCUT2D eigenvalue weighted by atomic mass is 79.9. The number of nitrogens with one attached hydrogen (secondary N) is 2. The number of nitrogens with zero attached hydrogens (tertiary/aromatic N) is 6. The first-order valence-electron chi connectivity index (χ1n) is 19.1. The fourth-order valence-corrected chi connectivity index (χ4v) is 9.59. The van der Waals surface area contributed by atoms with Gasteiger partial charge in [0.25, 0.3) is 11.5 Å². The Morgan fingerprint density at radius 2 is 1.69 bits per heavy atom. The number of imide groups is 1. The number of halogens is 1. The molecular weight excluding hydrogens is 748 g/mol. The third-order valence-corrected chi connectivity index (χ3v) is 13.1. The zero-order chi connectivity index (χ0) is 37.6. The highest BCUT2D eigenvalue weighted by molar-refractivity contribution is 9.10. The Balaban J connectivity index is 0.850. The molecule has 3 atom stereocenters. The molecule has 1 unspecified atom stereocenters. The van der Waals surface area contributed by atoms with E-state index in [-0.39, 0.29) is 34.7 Å². The molecule has 0 bridgehead atoms. The van der Waals surface area contributed by atoms with Crippen molar-refractivity contribution < 1.29 is 14.4 Å². The van der Waals surface area contributed by atoms with Crippen molar-refractivity contribution in [1.29, 1.82) is 0 Å². The van der Waals surface area contributed by atoms with E-state index in [9.17, 15) is 19.2 Å². The molecule has 2 aromatic carbocycles. The number of benzene rings is 2. The van der Waals surface area contributed by atoms with Gasteiger partial charge in [-0.05, 0) is 114 Å². The van der Waals surface area contributed by atoms with Gasteiger partial charge in [0.2, 0.25) is 11.8 Å². The molecule has 3 amide bonds. The van der Waals surface area contributed by atoms with Gasteiger partial charge in [0.15, 0.2) is 0 Å². The molecule has 4 aliphatic rings. The number of rotatable bonds is 6. The van der Waals surface area contributed by atoms with Gasteiger partial charge in [-0.15, -0.1) is 0 Å². The molecule has 2 N–H and O–H groups in total. The lowest BCUT2D eigenvalue weighted by Crippen LogP contribution is -2.48. The second-order valence-corrected chi connectivity index (χ2v) is 16.6. The summed E-state index contributed by atoms with van der Waals surface area (Å²) in [7, 11) is 3.76. The number of aromatic nitrogens is 3. The maximum Gasteiger partial charge on any atom is 0.282 e. The molecule has 12 nitrogen and oxygen atoms in total. The van der Waals surface area contributed by atoms with Crippen LogP contribution in [0.25, 0.3) is 10.8 Å². The van der Waals surface area contributed by atoms with Crippen molar-refractivity contribution in [2.45, 2.75) is 62.8 Å². The second kappa shape index (κ2) is 14.9. The summed E-state index contributed by atoms with van der Waals surface area (Å²) in [5, 5.41) is 12.2. The SMILES string of the molecule is CN1C[C@H](Nc2cnn(C)c(=O)c2Br)C[C@H](c2ccc(C(=O)N3CCC4(CC3)CCN(c3ccc5c(C6CCC(=O)NC6=O)nccc5c3)CC4)cc2)C1. The lowest BCUT2D eigenvalue weighted by atomic mass is 9.71. The van der Waals surface area contributed by atoms with Crippen LogP contribution in [0.1, 0.15) is 78.4 Å². The minimum atomic E-state index is -0.411. The number of pyridine rings is 1. The van der Waals surface area contributed by atoms with Gasteiger partial charge in [-0.2, -0.15) is 5.10 Å². The van der Waals surface area contributed by atoms with Crippen LogP contribution in [0.3, 0.4) is 0 Å². The van der Waals surface area contributed by atoms with E-state index in [4.69, 9.17) is 0 Å². The molecule has 282 valence electrons. The summed E-state index contributed by atoms with van der Waals surface area (Å²) >= 11 is 3.44. The molecule has 4 fully saturated rings. The first-order valence-corrected chi connectivity index (χ1v) is 19.9. The van der Waals surface area contributed by atoms with E-state index >= 15 is 0 Å². The molecule has 0 aliphatic carbocycles. The van der Waals surface area contributed by atoms with Crippen LogP contribution in [0, 0.1) is 5.41 Å². The third kappa shape index (κ3) is 7.27. The van der Waals surface area contributed by atoms with E-state index in [1.807, 2.05) is 23.1 Å². The Hall–Kier alpha value is -4.62. The maximum absolute atomic E-state index is 13.7. The smallest absolute Gasteiger partial charge is 0.282 e. The first-order chi connectivity index (χ1) is 26.1. The zero-order valence-corrected chi connectivity index (χ0v) is 32.5. The average molecular weight is 796 g/mol. The minimum Gasteiger partial charge on any atom is -0.379 e. The minimum absolute atomic E-state index is 0.111. The predicted octanol–water partition coefficient (Wildman–Crippen LogP) is 5.03. The Morgan fingerprint density at radius 3 is 2.43 bits per heavy atom. The van der Waals surface area contributed by atoms with Crippen LogP contribution in [-0.4, -0.2) is 94.6 Å². The van der Waals surface area contributed by atoms with Gasteiger partial charge in [-0.25, -0.2) is 4.68 Å². The highest BCUT2D eigenvalue weighted by Crippen LogP contribution is 2.43. The van der Waals surface area contributed by atoms with Crippen LogP contribution in [-0.2, 0) is 16.6 Å². The van der Waals surface area contributed by atoms with E-state index in [0.717, 1.165) is 93.4 Å². The monoisotopic (exact) mass is 794 g/mol. The fraction of sp³-hybridized carbons (Fsp3) is 0.463. The standard InChI is InChI=1S/C41H47BrN8O4/c1-47-24-29(21-30(25-47)45-34-23-44-48(2)40(54)36(34)42)26-3-5-27(6-4-26)39(53)50-19-14-41(15-20-50)12-17-49(18-13-41)31-7-8-32-28(22-31)11-16-43-37(32)33-9-10-35(51)46-38(33)52/h3-8,11,16,22-23,29-30,33,45H,9-10,12-15,17-21,24-25H2,1-2H3,(H,46,51,52)/t29-,30+,33?/m0/s1. The summed E-state index contributed by atoms with van der Waals surface area (Å²) in [6.07, 6.45) is 9.41. The zero-order valence-electron chi connectivity index (χ0n) is 30.9. The molecular formula is C41H47BrN8O4. The summed E-state index contributed by atoms with van der Waals surface area (Å²) in [6.45, 7) is 5.28. The molecule has 6 heterocycles. The molecule has 2 aromatic heterocycles. The largest absolute Gasteiger partial charge is 0.379 e. The summed E-state index contributed by atoms with van der Waals surface area (Å²) in [5.41, 5.74) is 4.67. The first kappa shape index (κ1) is 36.4. The molecule has 13 heteroatoms. The van der Waals surface area contributed by atoms with Gasteiger partial charge < -0.3 is 20.0 Å². The number of piperidine rings is 4. The van der Waals surface area contributed by atoms with Crippen molar-refractivity contribution in [3.8, 4) is 0 Å². The number of carbonyl (C=O) groups is 3. The van der Waals surface area contributed by atoms with Gasteiger partial charge in [0, 0.05) is 81.6 Å². The van der Waals surface area contributed by atoms with E-state index in [1.54, 1.807) is 19.4 Å². The Kier molecular flexibility index (Phi) is 10.0. The van der Waals surface area contributed by atoms with Gasteiger partial charge in [0.1, 0.15) is 4.47 Å². The van der Waals surface area contributed by atoms with E-state index < -0.39 is 5.92 Å². The van der Waals surface area contributed by atoms with E-state index in [2.05, 4.69) is 83.8 Å². The maximum atomic E-state index is 13.7. The second-order valence-electron chi connectivity index (χ2n) is 15.8. The molecule has 4 aliphatic heterocycles. The van der Waals surface area contributed by atoms with Gasteiger partial charge >= 0.3 is 0 Å². The summed E-state index contributed by atoms with van der Waals surface area (Å²) in [4.78, 5) is 61.7. The molecule has 4 aromatic rings. The van der Waals surface area contributed by atoms with Crippen molar-refractivity contribution in [3.63, 3.8) is 0 Å². The molecule has 1 spiro atoms. The average Bonchev–Trinajstić information content (AvgIpc) is 3.18.